The molecule has 0 spiro atoms. The van der Waals surface area contributed by atoms with Crippen molar-refractivity contribution in [3.63, 3.8) is 0 Å². The molecule has 0 fully saturated rings. The number of nitrogen functional groups attached to an aromatic ring is 1. The number of anilines is 1. The predicted molar refractivity (Wildman–Crippen MR) is 56.3 cm³/mol. The number of hydrogen-bond donors (Lipinski definition) is 3. The molecule has 5 N–H and O–H groups in total. The lowest BCUT2D eigenvalue weighted by Crippen LogP contribution is -2.12. The van der Waals surface area contributed by atoms with Crippen molar-refractivity contribution in [1.82, 2.24) is 19.5 Å². The van der Waals surface area contributed by atoms with E-state index < -0.39 is 0 Å². The van der Waals surface area contributed by atoms with Crippen molar-refractivity contribution < 1.29 is 0 Å². The van der Waals surface area contributed by atoms with E-state index in [9.17, 15) is 0 Å². The molecule has 0 aromatic carbocycles. The second kappa shape index (κ2) is 3.52. The quantitative estimate of drug-likeness (QED) is 0.470. The van der Waals surface area contributed by atoms with E-state index in [2.05, 4.69) is 15.0 Å². The molecule has 0 aliphatic rings. The molecule has 7 nitrogen and oxygen atoms in total. The summed E-state index contributed by atoms with van der Waals surface area (Å²) >= 11 is 0. The molecule has 2 heterocycles. The number of aryl methyl sites for hydroxylation is 1. The van der Waals surface area contributed by atoms with Gasteiger partial charge in [0.2, 0.25) is 0 Å². The summed E-state index contributed by atoms with van der Waals surface area (Å²) in [5.41, 5.74) is 12.2. The van der Waals surface area contributed by atoms with Crippen LogP contribution in [-0.2, 0) is 6.54 Å². The van der Waals surface area contributed by atoms with Crippen LogP contribution < -0.4 is 11.5 Å². The molecule has 15 heavy (non-hydrogen) atoms. The van der Waals surface area contributed by atoms with Gasteiger partial charge in [0.1, 0.15) is 11.8 Å². The smallest absolute Gasteiger partial charge is 0.165 e. The summed E-state index contributed by atoms with van der Waals surface area (Å²) in [7, 11) is 0. The highest BCUT2D eigenvalue weighted by Gasteiger charge is 2.07. The number of aromatic nitrogens is 4. The molecule has 0 bridgehead atoms. The molecule has 78 valence electrons. The van der Waals surface area contributed by atoms with Gasteiger partial charge in [-0.25, -0.2) is 15.0 Å². The molecule has 7 heteroatoms. The maximum Gasteiger partial charge on any atom is 0.165 e. The molecular weight excluding hydrogens is 194 g/mol. The lowest BCUT2D eigenvalue weighted by Gasteiger charge is -2.01. The van der Waals surface area contributed by atoms with Gasteiger partial charge in [-0.1, -0.05) is 0 Å². The van der Waals surface area contributed by atoms with Gasteiger partial charge in [0.05, 0.1) is 12.2 Å². The van der Waals surface area contributed by atoms with Gasteiger partial charge < -0.3 is 16.0 Å². The van der Waals surface area contributed by atoms with Gasteiger partial charge in [0, 0.05) is 13.0 Å². The first-order valence-electron chi connectivity index (χ1n) is 4.42. The van der Waals surface area contributed by atoms with Gasteiger partial charge in [0.25, 0.3) is 0 Å². The van der Waals surface area contributed by atoms with E-state index in [1.54, 1.807) is 10.9 Å². The van der Waals surface area contributed by atoms with Crippen LogP contribution in [0.3, 0.4) is 0 Å². The molecule has 0 saturated heterocycles. The maximum absolute atomic E-state index is 7.13. The van der Waals surface area contributed by atoms with Crippen molar-refractivity contribution >= 4 is 22.8 Å². The Balaban J connectivity index is 2.37. The largest absolute Gasteiger partial charge is 0.388 e. The predicted octanol–water partition coefficient (Wildman–Crippen LogP) is -0.265. The van der Waals surface area contributed by atoms with E-state index in [1.807, 2.05) is 0 Å². The van der Waals surface area contributed by atoms with Crippen LogP contribution in [0.15, 0.2) is 12.7 Å². The zero-order valence-corrected chi connectivity index (χ0v) is 8.01. The Labute approximate surface area is 85.7 Å². The monoisotopic (exact) mass is 205 g/mol. The van der Waals surface area contributed by atoms with Crippen LogP contribution >= 0.6 is 0 Å². The Bertz CT molecular complexity index is 501. The zero-order valence-electron chi connectivity index (χ0n) is 8.01. The molecular formula is C8H11N7. The highest BCUT2D eigenvalue weighted by Crippen LogP contribution is 2.13. The first-order chi connectivity index (χ1) is 7.18. The number of hydrogen-bond acceptors (Lipinski definition) is 5. The standard InChI is InChI=1S/C8H11N7/c9-5(10)1-2-15-4-14-6-7(11)12-3-13-8(6)15/h3-4H,1-2H2,(H3,9,10)(H2,11,12,13). The average molecular weight is 205 g/mol. The van der Waals surface area contributed by atoms with Crippen molar-refractivity contribution in [3.8, 4) is 0 Å². The SMILES string of the molecule is N=C(N)CCn1cnc2c(N)ncnc21. The van der Waals surface area contributed by atoms with Gasteiger partial charge in [0.15, 0.2) is 11.5 Å². The highest BCUT2D eigenvalue weighted by molar-refractivity contribution is 5.81. The van der Waals surface area contributed by atoms with E-state index in [0.29, 0.717) is 29.9 Å². The summed E-state index contributed by atoms with van der Waals surface area (Å²) in [5, 5.41) is 7.13. The Kier molecular flexibility index (Phi) is 2.20. The van der Waals surface area contributed by atoms with Crippen LogP contribution in [0.25, 0.3) is 11.2 Å². The minimum Gasteiger partial charge on any atom is -0.388 e. The first-order valence-corrected chi connectivity index (χ1v) is 4.42. The van der Waals surface area contributed by atoms with E-state index in [0.717, 1.165) is 0 Å². The molecule has 0 amide bonds. The van der Waals surface area contributed by atoms with Crippen molar-refractivity contribution in [2.75, 3.05) is 5.73 Å². The molecule has 0 unspecified atom stereocenters. The number of nitrogens with two attached hydrogens (primary N) is 2. The third kappa shape index (κ3) is 1.71. The number of amidine groups is 1. The number of nitrogens with zero attached hydrogens (tertiary/aromatic N) is 4. The molecule has 0 saturated carbocycles. The minimum absolute atomic E-state index is 0.138. The van der Waals surface area contributed by atoms with Gasteiger partial charge in [-0.3, -0.25) is 5.41 Å². The van der Waals surface area contributed by atoms with Crippen LogP contribution in [0.4, 0.5) is 5.82 Å². The van der Waals surface area contributed by atoms with Gasteiger partial charge in [-0.05, 0) is 0 Å². The molecule has 0 aliphatic heterocycles. The maximum atomic E-state index is 7.13. The van der Waals surface area contributed by atoms with Crippen molar-refractivity contribution in [2.24, 2.45) is 5.73 Å². The summed E-state index contributed by atoms with van der Waals surface area (Å²) in [6, 6.07) is 0. The van der Waals surface area contributed by atoms with Crippen LogP contribution in [-0.4, -0.2) is 25.4 Å². The van der Waals surface area contributed by atoms with Crippen LogP contribution in [0.2, 0.25) is 0 Å². The van der Waals surface area contributed by atoms with Crippen molar-refractivity contribution in [1.29, 1.82) is 5.41 Å². The third-order valence-corrected chi connectivity index (χ3v) is 2.05. The Morgan fingerprint density at radius 3 is 2.93 bits per heavy atom. The van der Waals surface area contributed by atoms with E-state index in [4.69, 9.17) is 16.9 Å². The lowest BCUT2D eigenvalue weighted by molar-refractivity contribution is 0.734. The normalized spacial score (nSPS) is 10.7. The highest BCUT2D eigenvalue weighted by atomic mass is 15.1. The number of fused-ring (bicyclic) bond motifs is 1. The summed E-state index contributed by atoms with van der Waals surface area (Å²) < 4.78 is 1.80. The molecule has 2 rings (SSSR count). The van der Waals surface area contributed by atoms with Crippen LogP contribution in [0, 0.1) is 5.41 Å². The molecule has 0 atom stereocenters. The summed E-state index contributed by atoms with van der Waals surface area (Å²) in [5.74, 6) is 0.500. The van der Waals surface area contributed by atoms with Gasteiger partial charge in [-0.15, -0.1) is 0 Å². The second-order valence-electron chi connectivity index (χ2n) is 3.14. The Morgan fingerprint density at radius 1 is 1.40 bits per heavy atom. The Hall–Kier alpha value is -2.18. The number of imidazole rings is 1. The van der Waals surface area contributed by atoms with Crippen LogP contribution in [0.5, 0.6) is 0 Å². The minimum atomic E-state index is 0.138. The topological polar surface area (TPSA) is 119 Å². The number of rotatable bonds is 3. The summed E-state index contributed by atoms with van der Waals surface area (Å²) in [6.07, 6.45) is 3.48. The van der Waals surface area contributed by atoms with Crippen molar-refractivity contribution in [2.45, 2.75) is 13.0 Å². The lowest BCUT2D eigenvalue weighted by atomic mass is 10.4. The third-order valence-electron chi connectivity index (χ3n) is 2.05. The average Bonchev–Trinajstić information content (AvgIpc) is 2.59. The fraction of sp³-hybridized carbons (Fsp3) is 0.250. The van der Waals surface area contributed by atoms with E-state index in [1.165, 1.54) is 6.33 Å². The van der Waals surface area contributed by atoms with E-state index >= 15 is 0 Å². The van der Waals surface area contributed by atoms with Gasteiger partial charge in [-0.2, -0.15) is 0 Å². The fourth-order valence-corrected chi connectivity index (χ4v) is 1.30. The van der Waals surface area contributed by atoms with Gasteiger partial charge >= 0.3 is 0 Å². The number of nitrogens with one attached hydrogen (secondary N) is 1. The molecule has 0 radical (unpaired) electrons. The molecule has 2 aromatic heterocycles. The zero-order chi connectivity index (χ0) is 10.8. The van der Waals surface area contributed by atoms with Crippen LogP contribution in [0.1, 0.15) is 6.42 Å². The van der Waals surface area contributed by atoms with E-state index in [-0.39, 0.29) is 5.84 Å². The first kappa shape index (κ1) is 9.38. The molecule has 0 aliphatic carbocycles. The summed E-state index contributed by atoms with van der Waals surface area (Å²) in [4.78, 5) is 12.0. The Morgan fingerprint density at radius 2 is 2.20 bits per heavy atom. The molecule has 2 aromatic rings. The summed E-state index contributed by atoms with van der Waals surface area (Å²) in [6.45, 7) is 0.572. The fourth-order valence-electron chi connectivity index (χ4n) is 1.30. The van der Waals surface area contributed by atoms with Crippen molar-refractivity contribution in [3.05, 3.63) is 12.7 Å². The second-order valence-corrected chi connectivity index (χ2v) is 3.14.